The van der Waals surface area contributed by atoms with Crippen LogP contribution in [0.5, 0.6) is 0 Å². The van der Waals surface area contributed by atoms with Gasteiger partial charge in [0.2, 0.25) is 0 Å². The average Bonchev–Trinajstić information content (AvgIpc) is 3.93. The number of para-hydroxylation sites is 2. The monoisotopic (exact) mass is 688 g/mol. The average molecular weight is 689 g/mol. The normalized spacial score (nSPS) is 13.8. The molecule has 0 radical (unpaired) electrons. The van der Waals surface area contributed by atoms with Gasteiger partial charge in [0.15, 0.2) is 0 Å². The van der Waals surface area contributed by atoms with E-state index in [1.54, 1.807) is 0 Å². The third-order valence-electron chi connectivity index (χ3n) is 12.6. The summed E-state index contributed by atoms with van der Waals surface area (Å²) in [7, 11) is 0. The first-order chi connectivity index (χ1) is 26.5. The fraction of sp³-hybridized carbons (Fsp3) is 0.0769. The van der Waals surface area contributed by atoms with Crippen LogP contribution in [0.1, 0.15) is 36.1 Å². The van der Waals surface area contributed by atoms with Crippen molar-refractivity contribution in [2.75, 3.05) is 0 Å². The van der Waals surface area contributed by atoms with E-state index < -0.39 is 0 Å². The molecule has 0 unspecified atom stereocenters. The number of nitrogens with zero attached hydrogens (tertiary/aromatic N) is 2. The highest BCUT2D eigenvalue weighted by Crippen LogP contribution is 2.50. The van der Waals surface area contributed by atoms with Gasteiger partial charge < -0.3 is 9.13 Å². The molecule has 8 aromatic carbocycles. The van der Waals surface area contributed by atoms with Gasteiger partial charge in [-0.25, -0.2) is 0 Å². The van der Waals surface area contributed by atoms with Crippen LogP contribution < -0.4 is 0 Å². The summed E-state index contributed by atoms with van der Waals surface area (Å²) < 4.78 is 4.95. The van der Waals surface area contributed by atoms with Crippen molar-refractivity contribution in [2.45, 2.75) is 25.7 Å². The van der Waals surface area contributed by atoms with E-state index in [2.05, 4.69) is 193 Å². The molecular weight excluding hydrogens is 653 g/mol. The fourth-order valence-corrected chi connectivity index (χ4v) is 10.0. The van der Waals surface area contributed by atoms with Gasteiger partial charge in [0.25, 0.3) is 0 Å². The first-order valence-corrected chi connectivity index (χ1v) is 19.1. The molecule has 2 heterocycles. The number of fused-ring (bicyclic) bond motifs is 12. The van der Waals surface area contributed by atoms with E-state index in [9.17, 15) is 0 Å². The van der Waals surface area contributed by atoms with E-state index in [4.69, 9.17) is 0 Å². The highest BCUT2D eigenvalue weighted by Gasteiger charge is 2.35. The van der Waals surface area contributed by atoms with Gasteiger partial charge >= 0.3 is 0 Å². The molecule has 2 nitrogen and oxygen atoms in total. The van der Waals surface area contributed by atoms with Crippen LogP contribution >= 0.6 is 0 Å². The van der Waals surface area contributed by atoms with Crippen molar-refractivity contribution in [1.82, 2.24) is 9.13 Å². The van der Waals surface area contributed by atoms with Gasteiger partial charge in [-0.05, 0) is 110 Å². The van der Waals surface area contributed by atoms with Crippen molar-refractivity contribution >= 4 is 43.6 Å². The molecule has 2 heteroatoms. The van der Waals surface area contributed by atoms with Crippen molar-refractivity contribution in [2.24, 2.45) is 0 Å². The molecular formula is C52H36N2. The van der Waals surface area contributed by atoms with Crippen LogP contribution in [-0.4, -0.2) is 9.13 Å². The van der Waals surface area contributed by atoms with Gasteiger partial charge in [0.1, 0.15) is 0 Å². The zero-order valence-corrected chi connectivity index (χ0v) is 30.3. The van der Waals surface area contributed by atoms with Crippen LogP contribution in [0.25, 0.3) is 88.4 Å². The Hall–Kier alpha value is -6.64. The summed E-state index contributed by atoms with van der Waals surface area (Å²) in [6.45, 7) is 4.72. The molecule has 0 saturated heterocycles. The Morgan fingerprint density at radius 1 is 0.407 bits per heavy atom. The molecule has 0 atom stereocenters. The second-order valence-electron chi connectivity index (χ2n) is 15.7. The highest BCUT2D eigenvalue weighted by molar-refractivity contribution is 6.13. The summed E-state index contributed by atoms with van der Waals surface area (Å²) in [6, 6.07) is 63.5. The Morgan fingerprint density at radius 3 is 1.74 bits per heavy atom. The molecule has 0 spiro atoms. The molecule has 0 saturated carbocycles. The summed E-state index contributed by atoms with van der Waals surface area (Å²) in [6.07, 6.45) is 0.957. The molecule has 0 N–H and O–H groups in total. The van der Waals surface area contributed by atoms with Crippen molar-refractivity contribution < 1.29 is 0 Å². The lowest BCUT2D eigenvalue weighted by Crippen LogP contribution is -2.15. The summed E-state index contributed by atoms with van der Waals surface area (Å²) in [5.41, 5.74) is 20.8. The Morgan fingerprint density at radius 2 is 0.981 bits per heavy atom. The third-order valence-corrected chi connectivity index (χ3v) is 12.6. The van der Waals surface area contributed by atoms with E-state index >= 15 is 0 Å². The Labute approximate surface area is 314 Å². The highest BCUT2D eigenvalue weighted by atomic mass is 15.0. The lowest BCUT2D eigenvalue weighted by atomic mass is 9.82. The van der Waals surface area contributed by atoms with E-state index in [0.29, 0.717) is 0 Å². The van der Waals surface area contributed by atoms with Crippen LogP contribution in [0.4, 0.5) is 0 Å². The number of hydrogen-bond acceptors (Lipinski definition) is 0. The standard InChI is InChI=1S/C52H36N2/c1-52(2)45-18-8-5-14-38(45)39-25-24-35(31-46(39)52)53-47-19-9-6-15-40(47)43-28-32(22-26-50(43)53)33-23-27-51-44(29-33)41-16-7-10-20-48(41)54(51)49-21-11-17-37-36-13-4-3-12-34(36)30-42(37)49/h3-29,31H,30H2,1-2H3. The molecule has 2 aliphatic rings. The smallest absolute Gasteiger partial charge is 0.0541 e. The Balaban J connectivity index is 1.02. The van der Waals surface area contributed by atoms with E-state index in [1.165, 1.54) is 111 Å². The van der Waals surface area contributed by atoms with Crippen molar-refractivity contribution in [3.05, 3.63) is 192 Å². The molecule has 0 aliphatic heterocycles. The predicted molar refractivity (Wildman–Crippen MR) is 226 cm³/mol. The molecule has 2 aliphatic carbocycles. The number of benzene rings is 8. The summed E-state index contributed by atoms with van der Waals surface area (Å²) in [4.78, 5) is 0. The minimum absolute atomic E-state index is 0.0544. The van der Waals surface area contributed by atoms with Crippen molar-refractivity contribution in [3.8, 4) is 44.8 Å². The molecule has 0 fully saturated rings. The van der Waals surface area contributed by atoms with Crippen molar-refractivity contribution in [1.29, 1.82) is 0 Å². The molecule has 0 amide bonds. The lowest BCUT2D eigenvalue weighted by Gasteiger charge is -2.22. The maximum absolute atomic E-state index is 2.49. The van der Waals surface area contributed by atoms with Crippen LogP contribution in [-0.2, 0) is 11.8 Å². The molecule has 2 aromatic heterocycles. The van der Waals surface area contributed by atoms with Gasteiger partial charge in [0, 0.05) is 39.1 Å². The minimum Gasteiger partial charge on any atom is -0.309 e. The largest absolute Gasteiger partial charge is 0.309 e. The maximum atomic E-state index is 2.49. The maximum Gasteiger partial charge on any atom is 0.0541 e. The zero-order chi connectivity index (χ0) is 35.7. The minimum atomic E-state index is -0.0544. The third kappa shape index (κ3) is 3.95. The molecule has 10 aromatic rings. The summed E-state index contributed by atoms with van der Waals surface area (Å²) in [5.74, 6) is 0. The SMILES string of the molecule is CC1(C)c2ccccc2-c2ccc(-n3c4ccccc4c4cc(-c5ccc6c(c5)c5ccccc5n6-c5cccc6c5Cc5ccccc5-6)ccc43)cc21. The Kier molecular flexibility index (Phi) is 5.93. The Bertz CT molecular complexity index is 3220. The van der Waals surface area contributed by atoms with Gasteiger partial charge in [-0.1, -0.05) is 129 Å². The quantitative estimate of drug-likeness (QED) is 0.175. The van der Waals surface area contributed by atoms with Gasteiger partial charge in [-0.15, -0.1) is 0 Å². The molecule has 0 bridgehead atoms. The predicted octanol–water partition coefficient (Wildman–Crippen LogP) is 13.4. The van der Waals surface area contributed by atoms with Crippen molar-refractivity contribution in [3.63, 3.8) is 0 Å². The van der Waals surface area contributed by atoms with Crippen LogP contribution in [0.15, 0.2) is 170 Å². The number of rotatable bonds is 3. The van der Waals surface area contributed by atoms with E-state index in [1.807, 2.05) is 0 Å². The van der Waals surface area contributed by atoms with Crippen LogP contribution in [0.3, 0.4) is 0 Å². The second-order valence-corrected chi connectivity index (χ2v) is 15.7. The number of aromatic nitrogens is 2. The van der Waals surface area contributed by atoms with Crippen LogP contribution in [0, 0.1) is 0 Å². The van der Waals surface area contributed by atoms with Gasteiger partial charge in [-0.3, -0.25) is 0 Å². The molecule has 254 valence electrons. The van der Waals surface area contributed by atoms with E-state index in [0.717, 1.165) is 6.42 Å². The fourth-order valence-electron chi connectivity index (χ4n) is 10.0. The second kappa shape index (κ2) is 10.7. The summed E-state index contributed by atoms with van der Waals surface area (Å²) in [5, 5.41) is 5.10. The lowest BCUT2D eigenvalue weighted by molar-refractivity contribution is 0.660. The topological polar surface area (TPSA) is 9.86 Å². The number of hydrogen-bond donors (Lipinski definition) is 0. The zero-order valence-electron chi connectivity index (χ0n) is 30.3. The van der Waals surface area contributed by atoms with Gasteiger partial charge in [-0.2, -0.15) is 0 Å². The summed E-state index contributed by atoms with van der Waals surface area (Å²) >= 11 is 0. The molecule has 54 heavy (non-hydrogen) atoms. The van der Waals surface area contributed by atoms with E-state index in [-0.39, 0.29) is 5.41 Å². The van der Waals surface area contributed by atoms with Crippen LogP contribution in [0.2, 0.25) is 0 Å². The first-order valence-electron chi connectivity index (χ1n) is 19.1. The first kappa shape index (κ1) is 29.9. The molecule has 12 rings (SSSR count). The van der Waals surface area contributed by atoms with Gasteiger partial charge in [0.05, 0.1) is 27.8 Å².